The molecule has 1 fully saturated rings. The summed E-state index contributed by atoms with van der Waals surface area (Å²) in [4.78, 5) is 15.2. The van der Waals surface area contributed by atoms with Gasteiger partial charge in [-0.3, -0.25) is 9.69 Å². The third-order valence-corrected chi connectivity index (χ3v) is 6.90. The van der Waals surface area contributed by atoms with Gasteiger partial charge in [0.1, 0.15) is 16.7 Å². The van der Waals surface area contributed by atoms with Gasteiger partial charge in [-0.05, 0) is 36.8 Å². The van der Waals surface area contributed by atoms with E-state index in [9.17, 15) is 4.79 Å². The second-order valence-corrected chi connectivity index (χ2v) is 9.84. The highest BCUT2D eigenvalue weighted by atomic mass is 35.5. The Kier molecular flexibility index (Phi) is 7.21. The van der Waals surface area contributed by atoms with Crippen LogP contribution in [0.15, 0.2) is 71.6 Å². The highest BCUT2D eigenvalue weighted by molar-refractivity contribution is 8.26. The molecule has 4 rings (SSSR count). The van der Waals surface area contributed by atoms with E-state index in [-0.39, 0.29) is 12.5 Å². The summed E-state index contributed by atoms with van der Waals surface area (Å²) in [5.74, 6) is 0.554. The van der Waals surface area contributed by atoms with E-state index in [1.807, 2.05) is 67.6 Å². The molecule has 162 valence electrons. The van der Waals surface area contributed by atoms with E-state index in [4.69, 9.17) is 40.2 Å². The number of amides is 1. The van der Waals surface area contributed by atoms with Crippen molar-refractivity contribution in [2.45, 2.75) is 20.1 Å². The lowest BCUT2D eigenvalue weighted by atomic mass is 10.1. The van der Waals surface area contributed by atoms with Gasteiger partial charge in [0, 0.05) is 21.2 Å². The van der Waals surface area contributed by atoms with Crippen LogP contribution in [-0.4, -0.2) is 15.1 Å². The van der Waals surface area contributed by atoms with Crippen LogP contribution in [0, 0.1) is 6.92 Å². The zero-order valence-corrected chi connectivity index (χ0v) is 20.3. The standard InChI is InChI=1S/C25H19Cl2NO2S2/c1-16-6-8-17(9-7-16)14-28-24(29)23(32-25(28)31)12-18-4-2-3-5-22(18)30-15-19-10-11-20(26)13-21(19)27/h2-13H,14-15H2,1H3/b23-12-. The molecule has 0 radical (unpaired) electrons. The van der Waals surface area contributed by atoms with Crippen molar-refractivity contribution in [2.24, 2.45) is 0 Å². The molecule has 1 aliphatic rings. The molecule has 32 heavy (non-hydrogen) atoms. The quantitative estimate of drug-likeness (QED) is 0.263. The Hall–Kier alpha value is -2.31. The van der Waals surface area contributed by atoms with Crippen molar-refractivity contribution in [1.82, 2.24) is 4.90 Å². The van der Waals surface area contributed by atoms with Crippen molar-refractivity contribution < 1.29 is 9.53 Å². The number of ether oxygens (including phenoxy) is 1. The molecular formula is C25H19Cl2NO2S2. The minimum Gasteiger partial charge on any atom is -0.488 e. The molecule has 3 aromatic carbocycles. The van der Waals surface area contributed by atoms with E-state index in [1.165, 1.54) is 17.3 Å². The number of thiocarbonyl (C=S) groups is 1. The highest BCUT2D eigenvalue weighted by Crippen LogP contribution is 2.35. The monoisotopic (exact) mass is 499 g/mol. The summed E-state index contributed by atoms with van der Waals surface area (Å²) in [6, 6.07) is 21.0. The fourth-order valence-corrected chi connectivity index (χ4v) is 4.89. The van der Waals surface area contributed by atoms with Gasteiger partial charge in [0.2, 0.25) is 0 Å². The fraction of sp³-hybridized carbons (Fsp3) is 0.120. The van der Waals surface area contributed by atoms with E-state index in [0.29, 0.717) is 31.6 Å². The summed E-state index contributed by atoms with van der Waals surface area (Å²) < 4.78 is 6.56. The SMILES string of the molecule is Cc1ccc(CN2C(=O)/C(=C/c3ccccc3OCc3ccc(Cl)cc3Cl)SC2=S)cc1. The van der Waals surface area contributed by atoms with E-state index < -0.39 is 0 Å². The maximum Gasteiger partial charge on any atom is 0.266 e. The lowest BCUT2D eigenvalue weighted by Crippen LogP contribution is -2.27. The number of hydrogen-bond acceptors (Lipinski definition) is 4. The van der Waals surface area contributed by atoms with Crippen LogP contribution in [0.1, 0.15) is 22.3 Å². The van der Waals surface area contributed by atoms with Crippen molar-refractivity contribution in [1.29, 1.82) is 0 Å². The molecule has 3 aromatic rings. The first-order valence-corrected chi connectivity index (χ1v) is 11.9. The largest absolute Gasteiger partial charge is 0.488 e. The minimum atomic E-state index is -0.101. The number of carbonyl (C=O) groups excluding carboxylic acids is 1. The fourth-order valence-electron chi connectivity index (χ4n) is 3.18. The number of nitrogens with zero attached hydrogens (tertiary/aromatic N) is 1. The maximum absolute atomic E-state index is 13.0. The summed E-state index contributed by atoms with van der Waals surface area (Å²) in [6.07, 6.45) is 1.83. The summed E-state index contributed by atoms with van der Waals surface area (Å²) in [5, 5.41) is 1.12. The van der Waals surface area contributed by atoms with Crippen LogP contribution < -0.4 is 4.74 Å². The van der Waals surface area contributed by atoms with Crippen molar-refractivity contribution >= 4 is 63.5 Å². The van der Waals surface area contributed by atoms with Crippen LogP contribution in [0.5, 0.6) is 5.75 Å². The van der Waals surface area contributed by atoms with Gasteiger partial charge in [-0.25, -0.2) is 0 Å². The Morgan fingerprint density at radius 2 is 1.81 bits per heavy atom. The number of rotatable bonds is 6. The van der Waals surface area contributed by atoms with E-state index in [2.05, 4.69) is 0 Å². The molecule has 0 bridgehead atoms. The highest BCUT2D eigenvalue weighted by Gasteiger charge is 2.32. The maximum atomic E-state index is 13.0. The molecule has 0 saturated carbocycles. The van der Waals surface area contributed by atoms with Gasteiger partial charge in [0.25, 0.3) is 5.91 Å². The predicted octanol–water partition coefficient (Wildman–Crippen LogP) is 7.28. The van der Waals surface area contributed by atoms with Gasteiger partial charge >= 0.3 is 0 Å². The van der Waals surface area contributed by atoms with Crippen LogP contribution in [0.2, 0.25) is 10.0 Å². The molecule has 0 aliphatic carbocycles. The average molecular weight is 500 g/mol. The number of para-hydroxylation sites is 1. The Morgan fingerprint density at radius 3 is 2.56 bits per heavy atom. The molecule has 0 aromatic heterocycles. The molecule has 1 saturated heterocycles. The summed E-state index contributed by atoms with van der Waals surface area (Å²) in [5.41, 5.74) is 3.84. The number of carbonyl (C=O) groups is 1. The Morgan fingerprint density at radius 1 is 1.06 bits per heavy atom. The second kappa shape index (κ2) is 10.1. The molecule has 1 aliphatic heterocycles. The van der Waals surface area contributed by atoms with Gasteiger partial charge in [-0.1, -0.05) is 101 Å². The van der Waals surface area contributed by atoms with Gasteiger partial charge in [0.15, 0.2) is 0 Å². The minimum absolute atomic E-state index is 0.101. The first-order valence-electron chi connectivity index (χ1n) is 9.87. The average Bonchev–Trinajstić information content (AvgIpc) is 3.03. The van der Waals surface area contributed by atoms with Crippen LogP contribution in [-0.2, 0) is 17.9 Å². The molecule has 0 N–H and O–H groups in total. The first-order chi connectivity index (χ1) is 15.4. The number of halogens is 2. The zero-order chi connectivity index (χ0) is 22.7. The summed E-state index contributed by atoms with van der Waals surface area (Å²) in [7, 11) is 0. The second-order valence-electron chi connectivity index (χ2n) is 7.32. The van der Waals surface area contributed by atoms with Gasteiger partial charge in [-0.2, -0.15) is 0 Å². The summed E-state index contributed by atoms with van der Waals surface area (Å²) in [6.45, 7) is 2.78. The lowest BCUT2D eigenvalue weighted by molar-refractivity contribution is -0.122. The third kappa shape index (κ3) is 5.36. The predicted molar refractivity (Wildman–Crippen MR) is 137 cm³/mol. The molecule has 1 heterocycles. The Bertz CT molecular complexity index is 1210. The van der Waals surface area contributed by atoms with Crippen LogP contribution in [0.3, 0.4) is 0 Å². The van der Waals surface area contributed by atoms with Gasteiger partial charge < -0.3 is 4.74 Å². The van der Waals surface area contributed by atoms with Crippen molar-refractivity contribution in [3.05, 3.63) is 104 Å². The smallest absolute Gasteiger partial charge is 0.266 e. The molecule has 1 amide bonds. The third-order valence-electron chi connectivity index (χ3n) is 4.94. The molecular weight excluding hydrogens is 481 g/mol. The number of thioether (sulfide) groups is 1. The number of hydrogen-bond donors (Lipinski definition) is 0. The van der Waals surface area contributed by atoms with E-state index >= 15 is 0 Å². The van der Waals surface area contributed by atoms with Gasteiger partial charge in [-0.15, -0.1) is 0 Å². The topological polar surface area (TPSA) is 29.5 Å². The zero-order valence-electron chi connectivity index (χ0n) is 17.2. The number of benzene rings is 3. The molecule has 3 nitrogen and oxygen atoms in total. The normalized spacial score (nSPS) is 15.0. The first kappa shape index (κ1) is 22.9. The van der Waals surface area contributed by atoms with Crippen LogP contribution in [0.25, 0.3) is 6.08 Å². The van der Waals surface area contributed by atoms with E-state index in [1.54, 1.807) is 17.0 Å². The van der Waals surface area contributed by atoms with Gasteiger partial charge in [0.05, 0.1) is 11.4 Å². The van der Waals surface area contributed by atoms with E-state index in [0.717, 1.165) is 16.7 Å². The van der Waals surface area contributed by atoms with Crippen molar-refractivity contribution in [3.8, 4) is 5.75 Å². The van der Waals surface area contributed by atoms with Crippen LogP contribution >= 0.6 is 47.2 Å². The lowest BCUT2D eigenvalue weighted by Gasteiger charge is -2.14. The molecule has 0 unspecified atom stereocenters. The molecule has 7 heteroatoms. The molecule has 0 atom stereocenters. The Labute approximate surface area is 207 Å². The van der Waals surface area contributed by atoms with Crippen LogP contribution in [0.4, 0.5) is 0 Å². The Balaban J connectivity index is 1.51. The van der Waals surface area contributed by atoms with Crippen molar-refractivity contribution in [3.63, 3.8) is 0 Å². The summed E-state index contributed by atoms with van der Waals surface area (Å²) >= 11 is 19.0. The molecule has 0 spiro atoms. The number of aryl methyl sites for hydroxylation is 1. The van der Waals surface area contributed by atoms with Crippen molar-refractivity contribution in [2.75, 3.05) is 0 Å².